The van der Waals surface area contributed by atoms with Crippen LogP contribution >= 0.6 is 0 Å². The van der Waals surface area contributed by atoms with E-state index in [2.05, 4.69) is 13.8 Å². The van der Waals surface area contributed by atoms with E-state index in [0.717, 1.165) is 11.3 Å². The molecular weight excluding hydrogens is 248 g/mol. The van der Waals surface area contributed by atoms with E-state index in [-0.39, 0.29) is 6.04 Å². The zero-order valence-electron chi connectivity index (χ0n) is 12.4. The van der Waals surface area contributed by atoms with Crippen LogP contribution in [0, 0.1) is 17.8 Å². The van der Waals surface area contributed by atoms with Gasteiger partial charge in [-0.3, -0.25) is 4.79 Å². The second-order valence-corrected chi connectivity index (χ2v) is 6.59. The van der Waals surface area contributed by atoms with Gasteiger partial charge >= 0.3 is 0 Å². The fourth-order valence-electron chi connectivity index (χ4n) is 3.78. The molecule has 2 unspecified atom stereocenters. The molecule has 0 bridgehead atoms. The average Bonchev–Trinajstić information content (AvgIpc) is 2.88. The van der Waals surface area contributed by atoms with Gasteiger partial charge in [0.2, 0.25) is 5.91 Å². The number of nitrogens with zero attached hydrogens (tertiary/aromatic N) is 1. The van der Waals surface area contributed by atoms with Crippen LogP contribution in [-0.4, -0.2) is 16.8 Å². The topological polar surface area (TPSA) is 46.3 Å². The van der Waals surface area contributed by atoms with Crippen molar-refractivity contribution in [2.45, 2.75) is 45.7 Å². The maximum atomic E-state index is 12.7. The van der Waals surface area contributed by atoms with E-state index in [0.29, 0.717) is 30.2 Å². The number of benzene rings is 1. The molecule has 3 rings (SSSR count). The Hall–Kier alpha value is -1.51. The van der Waals surface area contributed by atoms with E-state index in [1.165, 1.54) is 19.3 Å². The molecule has 20 heavy (non-hydrogen) atoms. The third-order valence-electron chi connectivity index (χ3n) is 4.90. The summed E-state index contributed by atoms with van der Waals surface area (Å²) in [5, 5.41) is 0. The first-order valence-corrected chi connectivity index (χ1v) is 7.73. The molecule has 2 atom stereocenters. The van der Waals surface area contributed by atoms with Gasteiger partial charge in [0.15, 0.2) is 0 Å². The Kier molecular flexibility index (Phi) is 3.45. The number of carbonyl (C=O) groups excluding carboxylic acids is 1. The number of hydrogen-bond donors (Lipinski definition) is 1. The van der Waals surface area contributed by atoms with E-state index < -0.39 is 0 Å². The number of carbonyl (C=O) groups is 1. The van der Waals surface area contributed by atoms with Gasteiger partial charge in [-0.2, -0.15) is 0 Å². The highest BCUT2D eigenvalue weighted by Gasteiger charge is 2.57. The normalized spacial score (nSPS) is 27.4. The molecule has 1 amide bonds. The monoisotopic (exact) mass is 272 g/mol. The van der Waals surface area contributed by atoms with Crippen molar-refractivity contribution in [3.63, 3.8) is 0 Å². The molecule has 0 saturated heterocycles. The van der Waals surface area contributed by atoms with Gasteiger partial charge in [-0.15, -0.1) is 0 Å². The van der Waals surface area contributed by atoms with Crippen molar-refractivity contribution < 1.29 is 4.79 Å². The van der Waals surface area contributed by atoms with E-state index >= 15 is 0 Å². The van der Waals surface area contributed by atoms with Gasteiger partial charge in [0, 0.05) is 24.2 Å². The number of nitrogen functional groups attached to an aromatic ring is 1. The number of anilines is 1. The van der Waals surface area contributed by atoms with Crippen LogP contribution in [0.3, 0.4) is 0 Å². The maximum Gasteiger partial charge on any atom is 0.226 e. The molecule has 2 aliphatic carbocycles. The van der Waals surface area contributed by atoms with Crippen molar-refractivity contribution in [2.75, 3.05) is 5.73 Å². The average molecular weight is 272 g/mol. The molecule has 2 aliphatic rings. The van der Waals surface area contributed by atoms with Crippen LogP contribution in [0.5, 0.6) is 0 Å². The fourth-order valence-corrected chi connectivity index (χ4v) is 3.78. The summed E-state index contributed by atoms with van der Waals surface area (Å²) < 4.78 is 0. The molecule has 3 heteroatoms. The van der Waals surface area contributed by atoms with Crippen LogP contribution < -0.4 is 5.73 Å². The summed E-state index contributed by atoms with van der Waals surface area (Å²) in [6.07, 6.45) is 3.83. The summed E-state index contributed by atoms with van der Waals surface area (Å²) in [4.78, 5) is 14.8. The molecule has 2 saturated carbocycles. The SMILES string of the molecule is CC(C)N(Cc1cccc(N)c1)C(=O)C1C2CCCC21. The quantitative estimate of drug-likeness (QED) is 0.856. The summed E-state index contributed by atoms with van der Waals surface area (Å²) in [5.74, 6) is 2.04. The Morgan fingerprint density at radius 3 is 2.65 bits per heavy atom. The van der Waals surface area contributed by atoms with Crippen LogP contribution in [0.1, 0.15) is 38.7 Å². The minimum atomic E-state index is 0.241. The summed E-state index contributed by atoms with van der Waals surface area (Å²) in [5.41, 5.74) is 7.72. The summed E-state index contributed by atoms with van der Waals surface area (Å²) in [6, 6.07) is 8.10. The zero-order chi connectivity index (χ0) is 14.3. The lowest BCUT2D eigenvalue weighted by Gasteiger charge is -2.28. The van der Waals surface area contributed by atoms with E-state index in [4.69, 9.17) is 5.73 Å². The molecule has 0 radical (unpaired) electrons. The second kappa shape index (κ2) is 5.12. The minimum absolute atomic E-state index is 0.241. The van der Waals surface area contributed by atoms with Crippen molar-refractivity contribution in [3.8, 4) is 0 Å². The van der Waals surface area contributed by atoms with Gasteiger partial charge in [0.1, 0.15) is 0 Å². The van der Waals surface area contributed by atoms with Crippen molar-refractivity contribution in [3.05, 3.63) is 29.8 Å². The molecule has 2 fully saturated rings. The Morgan fingerprint density at radius 2 is 2.05 bits per heavy atom. The first-order chi connectivity index (χ1) is 9.58. The number of rotatable bonds is 4. The Labute approximate surface area is 121 Å². The zero-order valence-corrected chi connectivity index (χ0v) is 12.4. The lowest BCUT2D eigenvalue weighted by molar-refractivity contribution is -0.135. The smallest absolute Gasteiger partial charge is 0.226 e. The highest BCUT2D eigenvalue weighted by Crippen LogP contribution is 2.58. The molecule has 1 aromatic carbocycles. The van der Waals surface area contributed by atoms with Crippen molar-refractivity contribution in [1.29, 1.82) is 0 Å². The van der Waals surface area contributed by atoms with Crippen molar-refractivity contribution in [1.82, 2.24) is 4.90 Å². The van der Waals surface area contributed by atoms with Gasteiger partial charge in [-0.25, -0.2) is 0 Å². The Bertz CT molecular complexity index is 501. The predicted molar refractivity (Wildman–Crippen MR) is 80.9 cm³/mol. The van der Waals surface area contributed by atoms with Gasteiger partial charge in [-0.1, -0.05) is 18.6 Å². The molecule has 0 aromatic heterocycles. The Balaban J connectivity index is 1.71. The fraction of sp³-hybridized carbons (Fsp3) is 0.588. The first kappa shape index (κ1) is 13.5. The summed E-state index contributed by atoms with van der Waals surface area (Å²) in [6.45, 7) is 4.88. The van der Waals surface area contributed by atoms with Crippen LogP contribution in [0.2, 0.25) is 0 Å². The summed E-state index contributed by atoms with van der Waals surface area (Å²) in [7, 11) is 0. The molecule has 1 aromatic rings. The third kappa shape index (κ3) is 2.41. The molecule has 108 valence electrons. The minimum Gasteiger partial charge on any atom is -0.399 e. The predicted octanol–water partition coefficient (Wildman–Crippen LogP) is 3.05. The number of amides is 1. The van der Waals surface area contributed by atoms with Gasteiger partial charge < -0.3 is 10.6 Å². The number of nitrogens with two attached hydrogens (primary N) is 1. The highest BCUT2D eigenvalue weighted by molar-refractivity contribution is 5.82. The van der Waals surface area contributed by atoms with Crippen LogP contribution in [-0.2, 0) is 11.3 Å². The lowest BCUT2D eigenvalue weighted by atomic mass is 10.1. The lowest BCUT2D eigenvalue weighted by Crippen LogP contribution is -2.38. The third-order valence-corrected chi connectivity index (χ3v) is 4.90. The molecule has 3 nitrogen and oxygen atoms in total. The molecule has 0 spiro atoms. The van der Waals surface area contributed by atoms with Crippen LogP contribution in [0.25, 0.3) is 0 Å². The molecule has 0 aliphatic heterocycles. The maximum absolute atomic E-state index is 12.7. The highest BCUT2D eigenvalue weighted by atomic mass is 16.2. The number of fused-ring (bicyclic) bond motifs is 1. The van der Waals surface area contributed by atoms with Crippen molar-refractivity contribution >= 4 is 11.6 Å². The molecular formula is C17H24N2O. The van der Waals surface area contributed by atoms with Gasteiger partial charge in [0.05, 0.1) is 0 Å². The molecule has 2 N–H and O–H groups in total. The van der Waals surface area contributed by atoms with Crippen LogP contribution in [0.15, 0.2) is 24.3 Å². The second-order valence-electron chi connectivity index (χ2n) is 6.59. The standard InChI is InChI=1S/C17H24N2O/c1-11(2)19(10-12-5-3-6-13(18)9-12)17(20)16-14-7-4-8-15(14)16/h3,5-6,9,11,14-16H,4,7-8,10,18H2,1-2H3. The summed E-state index contributed by atoms with van der Waals surface area (Å²) >= 11 is 0. The Morgan fingerprint density at radius 1 is 1.35 bits per heavy atom. The van der Waals surface area contributed by atoms with E-state index in [9.17, 15) is 4.79 Å². The number of hydrogen-bond acceptors (Lipinski definition) is 2. The largest absolute Gasteiger partial charge is 0.399 e. The van der Waals surface area contributed by atoms with Gasteiger partial charge in [-0.05, 0) is 56.2 Å². The van der Waals surface area contributed by atoms with E-state index in [1.807, 2.05) is 29.2 Å². The first-order valence-electron chi connectivity index (χ1n) is 7.73. The van der Waals surface area contributed by atoms with Crippen LogP contribution in [0.4, 0.5) is 5.69 Å². The van der Waals surface area contributed by atoms with Crippen molar-refractivity contribution in [2.24, 2.45) is 17.8 Å². The molecule has 0 heterocycles. The van der Waals surface area contributed by atoms with Gasteiger partial charge in [0.25, 0.3) is 0 Å². The van der Waals surface area contributed by atoms with E-state index in [1.54, 1.807) is 0 Å².